The van der Waals surface area contributed by atoms with Crippen LogP contribution in [-0.4, -0.2) is 60.6 Å². The Kier molecular flexibility index (Phi) is 5.69. The highest BCUT2D eigenvalue weighted by Crippen LogP contribution is 2.40. The van der Waals surface area contributed by atoms with Crippen molar-refractivity contribution in [2.24, 2.45) is 24.6 Å². The van der Waals surface area contributed by atoms with Crippen molar-refractivity contribution in [1.82, 2.24) is 29.0 Å². The fourth-order valence-electron chi connectivity index (χ4n) is 7.19. The second-order valence-corrected chi connectivity index (χ2v) is 12.4. The van der Waals surface area contributed by atoms with E-state index in [0.717, 1.165) is 76.5 Å². The predicted octanol–water partition coefficient (Wildman–Crippen LogP) is 4.94. The number of methoxy groups -OCH3 is 1. The average Bonchev–Trinajstić information content (AvgIpc) is 3.40. The van der Waals surface area contributed by atoms with Crippen molar-refractivity contribution >= 4 is 28.0 Å². The van der Waals surface area contributed by atoms with Gasteiger partial charge in [-0.05, 0) is 86.9 Å². The van der Waals surface area contributed by atoms with Gasteiger partial charge in [-0.2, -0.15) is 0 Å². The SMILES string of the molecule is COc1cc(C(=O)N2CC3CCC2C3N)cc2nc(-c3cc4ccc(-c5ccnc(C)c5)nc4n3CC3CC3)n(C)c12. The molecule has 214 valence electrons. The molecule has 3 unspecified atom stereocenters. The zero-order chi connectivity index (χ0) is 28.7. The summed E-state index contributed by atoms with van der Waals surface area (Å²) in [6.45, 7) is 3.62. The van der Waals surface area contributed by atoms with E-state index in [0.29, 0.717) is 23.1 Å². The second kappa shape index (κ2) is 9.39. The molecule has 3 atom stereocenters. The Labute approximate surface area is 244 Å². The lowest BCUT2D eigenvalue weighted by atomic mass is 10.1. The molecule has 2 aliphatic carbocycles. The minimum atomic E-state index is 0.0102. The van der Waals surface area contributed by atoms with Gasteiger partial charge in [0.15, 0.2) is 5.82 Å². The number of hydrogen-bond acceptors (Lipinski definition) is 6. The third-order valence-electron chi connectivity index (χ3n) is 9.62. The van der Waals surface area contributed by atoms with E-state index in [2.05, 4.69) is 38.4 Å². The van der Waals surface area contributed by atoms with Gasteiger partial charge in [0, 0.05) is 60.6 Å². The van der Waals surface area contributed by atoms with Crippen LogP contribution in [0.3, 0.4) is 0 Å². The Morgan fingerprint density at radius 1 is 1.07 bits per heavy atom. The number of fused-ring (bicyclic) bond motifs is 4. The van der Waals surface area contributed by atoms with Gasteiger partial charge in [-0.1, -0.05) is 0 Å². The highest BCUT2D eigenvalue weighted by atomic mass is 16.5. The number of nitrogens with zero attached hydrogens (tertiary/aromatic N) is 6. The molecule has 0 radical (unpaired) electrons. The summed E-state index contributed by atoms with van der Waals surface area (Å²) in [5.41, 5.74) is 13.6. The van der Waals surface area contributed by atoms with Crippen LogP contribution in [0.15, 0.2) is 48.7 Å². The molecule has 42 heavy (non-hydrogen) atoms. The number of piperidine rings is 1. The summed E-state index contributed by atoms with van der Waals surface area (Å²) < 4.78 is 10.3. The van der Waals surface area contributed by atoms with Crippen LogP contribution >= 0.6 is 0 Å². The molecule has 2 saturated carbocycles. The standard InChI is InChI=1S/C33H35N7O2/c1-18-12-20(10-11-35-18)24-8-6-21-14-27(39(31(21)36-24)16-19-4-5-19)32-37-25-13-23(15-28(42-3)30(25)38(32)2)33(41)40-17-22-7-9-26(40)29(22)34/h6,8,10-15,19,22,26,29H,4-5,7,9,16-17,34H2,1-3H3. The van der Waals surface area contributed by atoms with E-state index in [9.17, 15) is 4.79 Å². The number of pyridine rings is 2. The van der Waals surface area contributed by atoms with Gasteiger partial charge in [-0.15, -0.1) is 0 Å². The van der Waals surface area contributed by atoms with Crippen LogP contribution in [0.5, 0.6) is 5.75 Å². The first-order valence-corrected chi connectivity index (χ1v) is 14.9. The lowest BCUT2D eigenvalue weighted by molar-refractivity contribution is 0.0700. The van der Waals surface area contributed by atoms with Gasteiger partial charge in [0.2, 0.25) is 0 Å². The molecule has 5 heterocycles. The van der Waals surface area contributed by atoms with E-state index in [1.807, 2.05) is 43.3 Å². The summed E-state index contributed by atoms with van der Waals surface area (Å²) in [6.07, 6.45) is 6.37. The number of carbonyl (C=O) groups excluding carboxylic acids is 1. The van der Waals surface area contributed by atoms with Gasteiger partial charge in [-0.25, -0.2) is 9.97 Å². The number of carbonyl (C=O) groups is 1. The Bertz CT molecular complexity index is 1880. The van der Waals surface area contributed by atoms with Crippen molar-refractivity contribution in [3.8, 4) is 28.5 Å². The van der Waals surface area contributed by atoms with Crippen LogP contribution in [-0.2, 0) is 13.6 Å². The van der Waals surface area contributed by atoms with Crippen LogP contribution in [0.4, 0.5) is 0 Å². The van der Waals surface area contributed by atoms with Crippen LogP contribution < -0.4 is 10.5 Å². The largest absolute Gasteiger partial charge is 0.494 e. The highest BCUT2D eigenvalue weighted by molar-refractivity contribution is 6.00. The van der Waals surface area contributed by atoms with E-state index < -0.39 is 0 Å². The minimum Gasteiger partial charge on any atom is -0.494 e. The summed E-state index contributed by atoms with van der Waals surface area (Å²) >= 11 is 0. The van der Waals surface area contributed by atoms with Crippen molar-refractivity contribution in [3.05, 3.63) is 59.9 Å². The summed E-state index contributed by atoms with van der Waals surface area (Å²) in [4.78, 5) is 30.3. The zero-order valence-corrected chi connectivity index (χ0v) is 24.2. The lowest BCUT2D eigenvalue weighted by Crippen LogP contribution is -2.41. The molecule has 9 heteroatoms. The third-order valence-corrected chi connectivity index (χ3v) is 9.62. The molecule has 1 aromatic carbocycles. The van der Waals surface area contributed by atoms with Gasteiger partial charge < -0.3 is 24.5 Å². The molecule has 3 aliphatic rings. The smallest absolute Gasteiger partial charge is 0.254 e. The third kappa shape index (κ3) is 3.94. The maximum Gasteiger partial charge on any atom is 0.254 e. The molecular weight excluding hydrogens is 526 g/mol. The molecule has 1 saturated heterocycles. The maximum atomic E-state index is 13.7. The van der Waals surface area contributed by atoms with Crippen molar-refractivity contribution in [2.45, 2.75) is 51.2 Å². The molecule has 5 aromatic rings. The minimum absolute atomic E-state index is 0.0102. The van der Waals surface area contributed by atoms with E-state index in [-0.39, 0.29) is 18.0 Å². The van der Waals surface area contributed by atoms with Crippen LogP contribution in [0.1, 0.15) is 41.7 Å². The molecule has 2 bridgehead atoms. The number of rotatable bonds is 6. The normalized spacial score (nSPS) is 21.6. The van der Waals surface area contributed by atoms with Crippen LogP contribution in [0.25, 0.3) is 44.8 Å². The van der Waals surface area contributed by atoms with Crippen LogP contribution in [0.2, 0.25) is 0 Å². The topological polar surface area (TPSA) is 104 Å². The Balaban J connectivity index is 1.25. The predicted molar refractivity (Wildman–Crippen MR) is 162 cm³/mol. The fraction of sp³-hybridized carbons (Fsp3) is 0.394. The number of hydrogen-bond donors (Lipinski definition) is 1. The number of aromatic nitrogens is 5. The van der Waals surface area contributed by atoms with Gasteiger partial charge >= 0.3 is 0 Å². The first kappa shape index (κ1) is 25.5. The van der Waals surface area contributed by atoms with Crippen LogP contribution in [0, 0.1) is 18.8 Å². The summed E-state index contributed by atoms with van der Waals surface area (Å²) in [6, 6.07) is 14.5. The quantitative estimate of drug-likeness (QED) is 0.315. The van der Waals surface area contributed by atoms with E-state index >= 15 is 0 Å². The molecule has 2 N–H and O–H groups in total. The van der Waals surface area contributed by atoms with Crippen molar-refractivity contribution in [3.63, 3.8) is 0 Å². The number of nitrogens with two attached hydrogens (primary N) is 1. The number of ether oxygens (including phenoxy) is 1. The van der Waals surface area contributed by atoms with E-state index in [4.69, 9.17) is 20.4 Å². The highest BCUT2D eigenvalue weighted by Gasteiger charge is 2.47. The van der Waals surface area contributed by atoms with E-state index in [1.54, 1.807) is 7.11 Å². The first-order chi connectivity index (χ1) is 20.4. The Morgan fingerprint density at radius 3 is 2.64 bits per heavy atom. The summed E-state index contributed by atoms with van der Waals surface area (Å²) in [7, 11) is 3.67. The Morgan fingerprint density at radius 2 is 1.93 bits per heavy atom. The average molecular weight is 562 g/mol. The maximum absolute atomic E-state index is 13.7. The number of likely N-dealkylation sites (tertiary alicyclic amines) is 1. The molecular formula is C33H35N7O2. The molecule has 1 amide bonds. The van der Waals surface area contributed by atoms with Gasteiger partial charge in [0.1, 0.15) is 16.9 Å². The van der Waals surface area contributed by atoms with Crippen molar-refractivity contribution in [2.75, 3.05) is 13.7 Å². The molecule has 0 spiro atoms. The zero-order valence-electron chi connectivity index (χ0n) is 24.2. The van der Waals surface area contributed by atoms with Crippen molar-refractivity contribution < 1.29 is 9.53 Å². The van der Waals surface area contributed by atoms with Gasteiger partial charge in [0.25, 0.3) is 5.91 Å². The Hall–Kier alpha value is -4.24. The molecule has 4 aromatic heterocycles. The van der Waals surface area contributed by atoms with E-state index in [1.165, 1.54) is 12.8 Å². The molecule has 9 nitrogen and oxygen atoms in total. The number of benzene rings is 1. The first-order valence-electron chi connectivity index (χ1n) is 14.9. The molecule has 8 rings (SSSR count). The lowest BCUT2D eigenvalue weighted by Gasteiger charge is -2.27. The van der Waals surface area contributed by atoms with Gasteiger partial charge in [0.05, 0.1) is 24.0 Å². The molecule has 3 fully saturated rings. The molecule has 1 aliphatic heterocycles. The number of amides is 1. The number of aryl methyl sites for hydroxylation is 2. The summed E-state index contributed by atoms with van der Waals surface area (Å²) in [5.74, 6) is 2.52. The summed E-state index contributed by atoms with van der Waals surface area (Å²) in [5, 5.41) is 1.08. The van der Waals surface area contributed by atoms with Crippen molar-refractivity contribution in [1.29, 1.82) is 0 Å². The van der Waals surface area contributed by atoms with Gasteiger partial charge in [-0.3, -0.25) is 9.78 Å². The fourth-order valence-corrected chi connectivity index (χ4v) is 7.19. The number of imidazole rings is 1. The monoisotopic (exact) mass is 561 g/mol. The second-order valence-electron chi connectivity index (χ2n) is 12.4.